The number of ether oxygens (including phenoxy) is 1. The molecule has 1 aromatic carbocycles. The summed E-state index contributed by atoms with van der Waals surface area (Å²) in [6.07, 6.45) is 3.63. The predicted octanol–water partition coefficient (Wildman–Crippen LogP) is 1.94. The van der Waals surface area contributed by atoms with E-state index in [0.717, 1.165) is 12.1 Å². The molecule has 0 fully saturated rings. The fourth-order valence-corrected chi connectivity index (χ4v) is 3.42. The molecule has 0 bridgehead atoms. The standard InChI is InChI=1S/C20H21ClN4O7S/c1-24-8-3-4-16(24)19(28)23-17(26)11-32-20(29)15(7-9-33-2)22-18(27)13-6-5-12(25(30)31)10-14(13)21/h3-6,8,10,15H,7,9,11H2,1-2H3,(H,22,27)(H,23,26,28). The van der Waals surface area contributed by atoms with Crippen LogP contribution in [0.2, 0.25) is 5.02 Å². The lowest BCUT2D eigenvalue weighted by Crippen LogP contribution is -2.44. The number of imide groups is 1. The minimum Gasteiger partial charge on any atom is -0.454 e. The van der Waals surface area contributed by atoms with Gasteiger partial charge in [0, 0.05) is 25.4 Å². The van der Waals surface area contributed by atoms with Gasteiger partial charge in [-0.1, -0.05) is 11.6 Å². The third-order valence-corrected chi connectivity index (χ3v) is 5.34. The fraction of sp³-hybridized carbons (Fsp3) is 0.300. The molecular formula is C20H21ClN4O7S. The van der Waals surface area contributed by atoms with Crippen molar-refractivity contribution in [2.75, 3.05) is 18.6 Å². The van der Waals surface area contributed by atoms with E-state index in [4.69, 9.17) is 16.3 Å². The average molecular weight is 497 g/mol. The van der Waals surface area contributed by atoms with E-state index in [1.54, 1.807) is 25.6 Å². The van der Waals surface area contributed by atoms with Gasteiger partial charge in [0.05, 0.1) is 15.5 Å². The predicted molar refractivity (Wildman–Crippen MR) is 121 cm³/mol. The number of esters is 1. The monoisotopic (exact) mass is 496 g/mol. The van der Waals surface area contributed by atoms with Gasteiger partial charge < -0.3 is 14.6 Å². The Morgan fingerprint density at radius 1 is 1.24 bits per heavy atom. The highest BCUT2D eigenvalue weighted by molar-refractivity contribution is 7.98. The number of rotatable bonds is 10. The molecule has 1 aromatic heterocycles. The molecule has 0 saturated heterocycles. The Bertz CT molecular complexity index is 1070. The zero-order chi connectivity index (χ0) is 24.5. The van der Waals surface area contributed by atoms with Crippen molar-refractivity contribution in [3.8, 4) is 0 Å². The zero-order valence-electron chi connectivity index (χ0n) is 17.7. The number of nitrogens with zero attached hydrogens (tertiary/aromatic N) is 2. The van der Waals surface area contributed by atoms with Crippen LogP contribution < -0.4 is 10.6 Å². The van der Waals surface area contributed by atoms with Gasteiger partial charge in [0.2, 0.25) is 0 Å². The molecule has 13 heteroatoms. The van der Waals surface area contributed by atoms with Crippen molar-refractivity contribution in [3.63, 3.8) is 0 Å². The molecule has 0 radical (unpaired) electrons. The van der Waals surface area contributed by atoms with Crippen LogP contribution in [0.1, 0.15) is 27.3 Å². The second-order valence-electron chi connectivity index (χ2n) is 6.72. The van der Waals surface area contributed by atoms with E-state index >= 15 is 0 Å². The van der Waals surface area contributed by atoms with Crippen LogP contribution in [-0.4, -0.2) is 57.8 Å². The summed E-state index contributed by atoms with van der Waals surface area (Å²) in [7, 11) is 1.63. The molecule has 2 N–H and O–H groups in total. The van der Waals surface area contributed by atoms with Gasteiger partial charge in [-0.2, -0.15) is 11.8 Å². The van der Waals surface area contributed by atoms with E-state index in [0.29, 0.717) is 5.75 Å². The molecule has 0 aliphatic heterocycles. The number of nitro benzene ring substituents is 1. The van der Waals surface area contributed by atoms with E-state index in [-0.39, 0.29) is 28.4 Å². The first-order chi connectivity index (χ1) is 15.6. The van der Waals surface area contributed by atoms with Gasteiger partial charge in [-0.25, -0.2) is 4.79 Å². The first-order valence-corrected chi connectivity index (χ1v) is 11.3. The van der Waals surface area contributed by atoms with Gasteiger partial charge >= 0.3 is 5.97 Å². The lowest BCUT2D eigenvalue weighted by molar-refractivity contribution is -0.384. The number of amides is 3. The third kappa shape index (κ3) is 7.32. The number of aryl methyl sites for hydroxylation is 1. The van der Waals surface area contributed by atoms with Crippen molar-refractivity contribution in [3.05, 3.63) is 62.9 Å². The number of nitro groups is 1. The van der Waals surface area contributed by atoms with Gasteiger partial charge in [0.25, 0.3) is 23.4 Å². The number of halogens is 1. The average Bonchev–Trinajstić information content (AvgIpc) is 3.20. The molecule has 0 spiro atoms. The summed E-state index contributed by atoms with van der Waals surface area (Å²) in [5.41, 5.74) is -0.0966. The van der Waals surface area contributed by atoms with Crippen LogP contribution in [0, 0.1) is 10.1 Å². The van der Waals surface area contributed by atoms with E-state index < -0.39 is 41.3 Å². The maximum Gasteiger partial charge on any atom is 0.329 e. The Morgan fingerprint density at radius 2 is 1.97 bits per heavy atom. The van der Waals surface area contributed by atoms with Crippen LogP contribution in [0.3, 0.4) is 0 Å². The highest BCUT2D eigenvalue weighted by Crippen LogP contribution is 2.22. The number of thioether (sulfide) groups is 1. The number of hydrogen-bond acceptors (Lipinski definition) is 8. The van der Waals surface area contributed by atoms with Gasteiger partial charge in [0.15, 0.2) is 6.61 Å². The Hall–Kier alpha value is -3.38. The van der Waals surface area contributed by atoms with Crippen molar-refractivity contribution in [2.24, 2.45) is 7.05 Å². The normalized spacial score (nSPS) is 11.4. The molecule has 1 heterocycles. The second kappa shape index (κ2) is 12.0. The maximum absolute atomic E-state index is 12.6. The van der Waals surface area contributed by atoms with Crippen LogP contribution in [0.15, 0.2) is 36.5 Å². The van der Waals surface area contributed by atoms with Crippen LogP contribution >= 0.6 is 23.4 Å². The Morgan fingerprint density at radius 3 is 2.55 bits per heavy atom. The lowest BCUT2D eigenvalue weighted by atomic mass is 10.1. The quantitative estimate of drug-likeness (QED) is 0.288. The highest BCUT2D eigenvalue weighted by atomic mass is 35.5. The molecule has 33 heavy (non-hydrogen) atoms. The van der Waals surface area contributed by atoms with Crippen LogP contribution in [0.4, 0.5) is 5.69 Å². The van der Waals surface area contributed by atoms with E-state index in [1.165, 1.54) is 28.5 Å². The van der Waals surface area contributed by atoms with Crippen molar-refractivity contribution >= 4 is 52.7 Å². The number of nitrogens with one attached hydrogen (secondary N) is 2. The summed E-state index contributed by atoms with van der Waals surface area (Å²) < 4.78 is 6.49. The van der Waals surface area contributed by atoms with Gasteiger partial charge in [-0.15, -0.1) is 0 Å². The number of benzene rings is 1. The number of non-ortho nitro benzene ring substituents is 1. The Balaban J connectivity index is 1.99. The fourth-order valence-electron chi connectivity index (χ4n) is 2.68. The molecule has 0 aliphatic carbocycles. The van der Waals surface area contributed by atoms with Crippen molar-refractivity contribution in [2.45, 2.75) is 12.5 Å². The number of aromatic nitrogens is 1. The minimum absolute atomic E-state index is 0.0601. The molecule has 0 aliphatic rings. The SMILES string of the molecule is CSCCC(NC(=O)c1ccc([N+](=O)[O-])cc1Cl)C(=O)OCC(=O)NC(=O)c1cccn1C. The molecule has 1 unspecified atom stereocenters. The smallest absolute Gasteiger partial charge is 0.329 e. The second-order valence-corrected chi connectivity index (χ2v) is 8.11. The molecular weight excluding hydrogens is 476 g/mol. The number of carbonyl (C=O) groups excluding carboxylic acids is 4. The molecule has 3 amide bonds. The maximum atomic E-state index is 12.6. The molecule has 2 aromatic rings. The first kappa shape index (κ1) is 25.9. The van der Waals surface area contributed by atoms with Gasteiger partial charge in [0.1, 0.15) is 11.7 Å². The zero-order valence-corrected chi connectivity index (χ0v) is 19.3. The number of carbonyl (C=O) groups is 4. The molecule has 1 atom stereocenters. The van der Waals surface area contributed by atoms with E-state index in [2.05, 4.69) is 10.6 Å². The van der Waals surface area contributed by atoms with Crippen molar-refractivity contribution < 1.29 is 28.8 Å². The van der Waals surface area contributed by atoms with Crippen LogP contribution in [0.5, 0.6) is 0 Å². The molecule has 2 rings (SSSR count). The topological polar surface area (TPSA) is 150 Å². The van der Waals surface area contributed by atoms with Gasteiger partial charge in [-0.05, 0) is 36.6 Å². The lowest BCUT2D eigenvalue weighted by Gasteiger charge is -2.17. The summed E-state index contributed by atoms with van der Waals surface area (Å²) in [5, 5.41) is 15.2. The highest BCUT2D eigenvalue weighted by Gasteiger charge is 2.25. The Kier molecular flexibility index (Phi) is 9.43. The summed E-state index contributed by atoms with van der Waals surface area (Å²) in [6, 6.07) is 5.37. The summed E-state index contributed by atoms with van der Waals surface area (Å²) in [6.45, 7) is -0.723. The van der Waals surface area contributed by atoms with Gasteiger partial charge in [-0.3, -0.25) is 29.8 Å². The van der Waals surface area contributed by atoms with Crippen molar-refractivity contribution in [1.29, 1.82) is 0 Å². The third-order valence-electron chi connectivity index (χ3n) is 4.38. The summed E-state index contributed by atoms with van der Waals surface area (Å²) >= 11 is 7.39. The first-order valence-electron chi connectivity index (χ1n) is 9.50. The van der Waals surface area contributed by atoms with Crippen LogP contribution in [0.25, 0.3) is 0 Å². The van der Waals surface area contributed by atoms with Crippen LogP contribution in [-0.2, 0) is 21.4 Å². The summed E-state index contributed by atoms with van der Waals surface area (Å²) in [4.78, 5) is 59.3. The molecule has 11 nitrogen and oxygen atoms in total. The molecule has 0 saturated carbocycles. The van der Waals surface area contributed by atoms with E-state index in [1.807, 2.05) is 0 Å². The largest absolute Gasteiger partial charge is 0.454 e. The number of hydrogen-bond donors (Lipinski definition) is 2. The summed E-state index contributed by atoms with van der Waals surface area (Å²) in [5.74, 6) is -2.60. The van der Waals surface area contributed by atoms with Crippen molar-refractivity contribution in [1.82, 2.24) is 15.2 Å². The Labute approximate surface area is 197 Å². The minimum atomic E-state index is -1.10. The molecule has 176 valence electrons. The van der Waals surface area contributed by atoms with E-state index in [9.17, 15) is 29.3 Å².